The van der Waals surface area contributed by atoms with E-state index in [1.54, 1.807) is 23.4 Å². The summed E-state index contributed by atoms with van der Waals surface area (Å²) in [5, 5.41) is 3.73. The zero-order valence-corrected chi connectivity index (χ0v) is 17.3. The van der Waals surface area contributed by atoms with E-state index >= 15 is 0 Å². The fourth-order valence-corrected chi connectivity index (χ4v) is 4.76. The van der Waals surface area contributed by atoms with Gasteiger partial charge in [-0.2, -0.15) is 0 Å². The molecule has 0 saturated heterocycles. The number of thioether (sulfide) groups is 2. The SMILES string of the molecule is CCCNC(=O)CSc1nc2c(c(=O)n1-c1ccc(OC)cc1)SC(C)C2. The van der Waals surface area contributed by atoms with E-state index in [-0.39, 0.29) is 17.2 Å². The number of aromatic nitrogens is 2. The first-order valence-corrected chi connectivity index (χ1v) is 10.8. The second kappa shape index (κ2) is 8.84. The highest BCUT2D eigenvalue weighted by atomic mass is 32.2. The van der Waals surface area contributed by atoms with Crippen LogP contribution in [0.25, 0.3) is 5.69 Å². The third-order valence-corrected chi connectivity index (χ3v) is 6.27. The van der Waals surface area contributed by atoms with Gasteiger partial charge in [0.2, 0.25) is 5.91 Å². The number of hydrogen-bond donors (Lipinski definition) is 1. The maximum absolute atomic E-state index is 13.2. The van der Waals surface area contributed by atoms with Gasteiger partial charge in [0, 0.05) is 18.2 Å². The second-order valence-corrected chi connectivity index (χ2v) is 8.67. The first kappa shape index (κ1) is 19.8. The number of methoxy groups -OCH3 is 1. The molecule has 0 radical (unpaired) electrons. The van der Waals surface area contributed by atoms with Gasteiger partial charge in [0.25, 0.3) is 5.56 Å². The molecular formula is C19H23N3O3S2. The van der Waals surface area contributed by atoms with Gasteiger partial charge >= 0.3 is 0 Å². The Morgan fingerprint density at radius 1 is 1.41 bits per heavy atom. The third-order valence-electron chi connectivity index (χ3n) is 4.12. The molecule has 1 amide bonds. The molecule has 1 aliphatic rings. The van der Waals surface area contributed by atoms with Crippen molar-refractivity contribution in [3.63, 3.8) is 0 Å². The molecule has 0 fully saturated rings. The zero-order chi connectivity index (χ0) is 19.4. The fraction of sp³-hybridized carbons (Fsp3) is 0.421. The molecule has 3 rings (SSSR count). The number of nitrogens with zero attached hydrogens (tertiary/aromatic N) is 2. The molecule has 1 atom stereocenters. The summed E-state index contributed by atoms with van der Waals surface area (Å²) < 4.78 is 6.80. The summed E-state index contributed by atoms with van der Waals surface area (Å²) in [6.07, 6.45) is 1.66. The zero-order valence-electron chi connectivity index (χ0n) is 15.7. The molecule has 8 heteroatoms. The summed E-state index contributed by atoms with van der Waals surface area (Å²) in [6, 6.07) is 7.29. The Morgan fingerprint density at radius 2 is 2.15 bits per heavy atom. The largest absolute Gasteiger partial charge is 0.497 e. The van der Waals surface area contributed by atoms with Crippen molar-refractivity contribution in [1.29, 1.82) is 0 Å². The van der Waals surface area contributed by atoms with Crippen molar-refractivity contribution in [1.82, 2.24) is 14.9 Å². The van der Waals surface area contributed by atoms with Crippen LogP contribution in [-0.2, 0) is 11.2 Å². The van der Waals surface area contributed by atoms with Crippen LogP contribution < -0.4 is 15.6 Å². The highest BCUT2D eigenvalue weighted by molar-refractivity contribution is 8.00. The van der Waals surface area contributed by atoms with Crippen molar-refractivity contribution in [2.75, 3.05) is 19.4 Å². The average Bonchev–Trinajstić information content (AvgIpc) is 3.05. The summed E-state index contributed by atoms with van der Waals surface area (Å²) in [7, 11) is 1.60. The average molecular weight is 406 g/mol. The van der Waals surface area contributed by atoms with Crippen LogP contribution in [0.15, 0.2) is 39.1 Å². The number of fused-ring (bicyclic) bond motifs is 1. The highest BCUT2D eigenvalue weighted by Crippen LogP contribution is 2.35. The third kappa shape index (κ3) is 4.50. The van der Waals surface area contributed by atoms with Gasteiger partial charge in [0.05, 0.1) is 29.1 Å². The Morgan fingerprint density at radius 3 is 2.81 bits per heavy atom. The van der Waals surface area contributed by atoms with Crippen LogP contribution >= 0.6 is 23.5 Å². The van der Waals surface area contributed by atoms with Crippen molar-refractivity contribution in [3.8, 4) is 11.4 Å². The topological polar surface area (TPSA) is 73.2 Å². The van der Waals surface area contributed by atoms with E-state index in [0.29, 0.717) is 27.5 Å². The van der Waals surface area contributed by atoms with E-state index in [2.05, 4.69) is 12.2 Å². The van der Waals surface area contributed by atoms with Crippen molar-refractivity contribution in [2.45, 2.75) is 42.0 Å². The van der Waals surface area contributed by atoms with E-state index in [0.717, 1.165) is 24.3 Å². The predicted octanol–water partition coefficient (Wildman–Crippen LogP) is 2.90. The van der Waals surface area contributed by atoms with E-state index in [9.17, 15) is 9.59 Å². The van der Waals surface area contributed by atoms with E-state index in [1.807, 2.05) is 31.2 Å². The molecule has 1 aliphatic heterocycles. The van der Waals surface area contributed by atoms with Gasteiger partial charge in [0.15, 0.2) is 5.16 Å². The molecule has 27 heavy (non-hydrogen) atoms. The van der Waals surface area contributed by atoms with Crippen LogP contribution in [0, 0.1) is 0 Å². The minimum Gasteiger partial charge on any atom is -0.497 e. The first-order valence-electron chi connectivity index (χ1n) is 8.90. The van der Waals surface area contributed by atoms with Gasteiger partial charge in [-0.05, 0) is 30.7 Å². The molecule has 2 heterocycles. The lowest BCUT2D eigenvalue weighted by Crippen LogP contribution is -2.27. The molecule has 0 saturated carbocycles. The maximum atomic E-state index is 13.2. The normalized spacial score (nSPS) is 15.4. The van der Waals surface area contributed by atoms with Gasteiger partial charge in [-0.25, -0.2) is 4.98 Å². The number of rotatable bonds is 7. The van der Waals surface area contributed by atoms with Crippen LogP contribution in [-0.4, -0.2) is 40.1 Å². The minimum atomic E-state index is -0.0732. The highest BCUT2D eigenvalue weighted by Gasteiger charge is 2.27. The first-order chi connectivity index (χ1) is 13.0. The molecule has 1 N–H and O–H groups in total. The maximum Gasteiger partial charge on any atom is 0.272 e. The molecule has 0 aliphatic carbocycles. The Labute approximate surface area is 167 Å². The summed E-state index contributed by atoms with van der Waals surface area (Å²) in [4.78, 5) is 30.6. The predicted molar refractivity (Wildman–Crippen MR) is 109 cm³/mol. The number of nitrogens with one attached hydrogen (secondary N) is 1. The van der Waals surface area contributed by atoms with Crippen LogP contribution in [0.2, 0.25) is 0 Å². The quantitative estimate of drug-likeness (QED) is 0.564. The Bertz CT molecular complexity index is 881. The molecular weight excluding hydrogens is 382 g/mol. The fourth-order valence-electron chi connectivity index (χ4n) is 2.80. The number of amides is 1. The number of carbonyl (C=O) groups excluding carboxylic acids is 1. The molecule has 144 valence electrons. The van der Waals surface area contributed by atoms with Crippen LogP contribution in [0.4, 0.5) is 0 Å². The Kier molecular flexibility index (Phi) is 6.49. The van der Waals surface area contributed by atoms with E-state index in [4.69, 9.17) is 9.72 Å². The van der Waals surface area contributed by atoms with Gasteiger partial charge in [-0.1, -0.05) is 25.6 Å². The van der Waals surface area contributed by atoms with Gasteiger partial charge in [-0.3, -0.25) is 14.2 Å². The lowest BCUT2D eigenvalue weighted by molar-refractivity contribution is -0.118. The lowest BCUT2D eigenvalue weighted by atomic mass is 10.2. The number of carbonyl (C=O) groups is 1. The Balaban J connectivity index is 1.97. The lowest BCUT2D eigenvalue weighted by Gasteiger charge is -2.14. The van der Waals surface area contributed by atoms with Crippen LogP contribution in [0.3, 0.4) is 0 Å². The van der Waals surface area contributed by atoms with E-state index in [1.165, 1.54) is 11.8 Å². The van der Waals surface area contributed by atoms with Crippen LogP contribution in [0.5, 0.6) is 5.75 Å². The monoisotopic (exact) mass is 405 g/mol. The Hall–Kier alpha value is -1.93. The molecule has 2 aromatic rings. The molecule has 1 aromatic heterocycles. The molecule has 1 aromatic carbocycles. The standard InChI is InChI=1S/C19H23N3O3S2/c1-4-9-20-16(23)11-26-19-21-15-10-12(2)27-17(15)18(24)22(19)13-5-7-14(25-3)8-6-13/h5-8,12H,4,9-11H2,1-3H3,(H,20,23). The summed E-state index contributed by atoms with van der Waals surface area (Å²) in [5.41, 5.74) is 1.47. The van der Waals surface area contributed by atoms with Gasteiger partial charge in [-0.15, -0.1) is 11.8 Å². The number of benzene rings is 1. The van der Waals surface area contributed by atoms with Crippen molar-refractivity contribution in [2.24, 2.45) is 0 Å². The van der Waals surface area contributed by atoms with Gasteiger partial charge < -0.3 is 10.1 Å². The van der Waals surface area contributed by atoms with E-state index < -0.39 is 0 Å². The minimum absolute atomic E-state index is 0.0550. The van der Waals surface area contributed by atoms with Crippen molar-refractivity contribution in [3.05, 3.63) is 40.3 Å². The summed E-state index contributed by atoms with van der Waals surface area (Å²) in [5.74, 6) is 0.891. The molecule has 0 bridgehead atoms. The number of hydrogen-bond acceptors (Lipinski definition) is 6. The summed E-state index contributed by atoms with van der Waals surface area (Å²) in [6.45, 7) is 4.75. The molecule has 0 spiro atoms. The second-order valence-electron chi connectivity index (χ2n) is 6.28. The smallest absolute Gasteiger partial charge is 0.272 e. The van der Waals surface area contributed by atoms with Crippen LogP contribution in [0.1, 0.15) is 26.0 Å². The summed E-state index contributed by atoms with van der Waals surface area (Å²) >= 11 is 2.86. The van der Waals surface area contributed by atoms with Crippen molar-refractivity contribution >= 4 is 29.4 Å². The molecule has 6 nitrogen and oxygen atoms in total. The molecule has 1 unspecified atom stereocenters. The van der Waals surface area contributed by atoms with Crippen molar-refractivity contribution < 1.29 is 9.53 Å². The number of ether oxygens (including phenoxy) is 1. The van der Waals surface area contributed by atoms with Gasteiger partial charge in [0.1, 0.15) is 5.75 Å².